The van der Waals surface area contributed by atoms with E-state index in [9.17, 15) is 19.4 Å². The molecule has 128 valence electrons. The third-order valence-electron chi connectivity index (χ3n) is 3.31. The molecule has 0 aliphatic carbocycles. The van der Waals surface area contributed by atoms with Gasteiger partial charge in [0, 0.05) is 17.1 Å². The van der Waals surface area contributed by atoms with Gasteiger partial charge < -0.3 is 20.3 Å². The van der Waals surface area contributed by atoms with Crippen molar-refractivity contribution in [3.05, 3.63) is 70.5 Å². The van der Waals surface area contributed by atoms with Gasteiger partial charge in [-0.3, -0.25) is 0 Å². The van der Waals surface area contributed by atoms with Gasteiger partial charge in [0.05, 0.1) is 0 Å². The van der Waals surface area contributed by atoms with Crippen LogP contribution >= 0.6 is 11.6 Å². The Morgan fingerprint density at radius 2 is 1.92 bits per heavy atom. The highest BCUT2D eigenvalue weighted by Crippen LogP contribution is 2.25. The summed E-state index contributed by atoms with van der Waals surface area (Å²) < 4.78 is 18.0. The lowest BCUT2D eigenvalue weighted by atomic mass is 10.0. The molecule has 0 heterocycles. The van der Waals surface area contributed by atoms with Crippen molar-refractivity contribution in [2.45, 2.75) is 18.8 Å². The summed E-state index contributed by atoms with van der Waals surface area (Å²) in [6.45, 7) is -0.155. The summed E-state index contributed by atoms with van der Waals surface area (Å²) in [7, 11) is 0. The Morgan fingerprint density at radius 1 is 1.21 bits per heavy atom. The zero-order chi connectivity index (χ0) is 17.5. The van der Waals surface area contributed by atoms with Crippen molar-refractivity contribution in [2.75, 3.05) is 6.54 Å². The monoisotopic (exact) mass is 353 g/mol. The highest BCUT2D eigenvalue weighted by atomic mass is 35.5. The van der Waals surface area contributed by atoms with Crippen LogP contribution in [0.25, 0.3) is 0 Å². The fraction of sp³-hybridized carbons (Fsp3) is 0.235. The molecule has 0 saturated heterocycles. The molecule has 2 aromatic rings. The molecule has 2 rings (SSSR count). The van der Waals surface area contributed by atoms with Crippen LogP contribution in [0.4, 0.5) is 9.18 Å². The van der Waals surface area contributed by atoms with Gasteiger partial charge in [0.1, 0.15) is 24.6 Å². The van der Waals surface area contributed by atoms with Crippen molar-refractivity contribution in [2.24, 2.45) is 0 Å². The molecule has 0 bridgehead atoms. The Kier molecular flexibility index (Phi) is 6.54. The van der Waals surface area contributed by atoms with E-state index >= 15 is 0 Å². The standard InChI is InChI=1S/C17H17ClFNO4/c18-14-8-12(19)6-7-13(14)16(22)15(21)9-20-17(23)24-10-11-4-2-1-3-5-11/h1-8,15-16,21-22H,9-10H2,(H,20,23). The molecule has 0 radical (unpaired) electrons. The van der Waals surface area contributed by atoms with Gasteiger partial charge in [0.2, 0.25) is 0 Å². The minimum absolute atomic E-state index is 0.00629. The summed E-state index contributed by atoms with van der Waals surface area (Å²) in [5.41, 5.74) is 0.997. The van der Waals surface area contributed by atoms with E-state index in [-0.39, 0.29) is 23.7 Å². The molecule has 0 aliphatic heterocycles. The smallest absolute Gasteiger partial charge is 0.407 e. The topological polar surface area (TPSA) is 78.8 Å². The van der Waals surface area contributed by atoms with Crippen LogP contribution in [0.3, 0.4) is 0 Å². The molecule has 0 aromatic heterocycles. The second-order valence-electron chi connectivity index (χ2n) is 5.12. The van der Waals surface area contributed by atoms with Crippen molar-refractivity contribution >= 4 is 17.7 Å². The first-order chi connectivity index (χ1) is 11.5. The number of ether oxygens (including phenoxy) is 1. The van der Waals surface area contributed by atoms with E-state index in [0.29, 0.717) is 0 Å². The Labute approximate surface area is 143 Å². The van der Waals surface area contributed by atoms with E-state index in [2.05, 4.69) is 5.32 Å². The summed E-state index contributed by atoms with van der Waals surface area (Å²) in [6, 6.07) is 12.5. The summed E-state index contributed by atoms with van der Waals surface area (Å²) in [6.07, 6.45) is -3.42. The van der Waals surface area contributed by atoms with Gasteiger partial charge in [-0.05, 0) is 17.7 Å². The zero-order valence-electron chi connectivity index (χ0n) is 12.7. The predicted molar refractivity (Wildman–Crippen MR) is 87.0 cm³/mol. The molecule has 0 saturated carbocycles. The molecule has 24 heavy (non-hydrogen) atoms. The van der Waals surface area contributed by atoms with Gasteiger partial charge in [-0.1, -0.05) is 48.0 Å². The van der Waals surface area contributed by atoms with E-state index in [0.717, 1.165) is 17.7 Å². The first-order valence-corrected chi connectivity index (χ1v) is 7.61. The zero-order valence-corrected chi connectivity index (χ0v) is 13.4. The van der Waals surface area contributed by atoms with E-state index in [1.807, 2.05) is 30.3 Å². The van der Waals surface area contributed by atoms with Crippen LogP contribution in [0.15, 0.2) is 48.5 Å². The van der Waals surface area contributed by atoms with Gasteiger partial charge >= 0.3 is 6.09 Å². The van der Waals surface area contributed by atoms with E-state index < -0.39 is 24.1 Å². The average molecular weight is 354 g/mol. The van der Waals surface area contributed by atoms with Crippen LogP contribution in [0.2, 0.25) is 5.02 Å². The fourth-order valence-electron chi connectivity index (χ4n) is 2.02. The first kappa shape index (κ1) is 18.2. The highest BCUT2D eigenvalue weighted by Gasteiger charge is 2.21. The number of alkyl carbamates (subject to hydrolysis) is 1. The van der Waals surface area contributed by atoms with Crippen molar-refractivity contribution in [1.29, 1.82) is 0 Å². The molecule has 1 amide bonds. The van der Waals surface area contributed by atoms with Crippen LogP contribution in [-0.4, -0.2) is 29.0 Å². The number of benzene rings is 2. The molecular weight excluding hydrogens is 337 g/mol. The molecule has 0 aliphatic rings. The molecule has 5 nitrogen and oxygen atoms in total. The Balaban J connectivity index is 1.81. The molecule has 0 fully saturated rings. The SMILES string of the molecule is O=C(NCC(O)C(O)c1ccc(F)cc1Cl)OCc1ccccc1. The van der Waals surface area contributed by atoms with E-state index in [1.165, 1.54) is 6.07 Å². The summed E-state index contributed by atoms with van der Waals surface area (Å²) in [5.74, 6) is -0.548. The lowest BCUT2D eigenvalue weighted by Gasteiger charge is -2.19. The van der Waals surface area contributed by atoms with Gasteiger partial charge in [-0.25, -0.2) is 9.18 Å². The third kappa shape index (κ3) is 5.19. The lowest BCUT2D eigenvalue weighted by molar-refractivity contribution is 0.0184. The van der Waals surface area contributed by atoms with Crippen molar-refractivity contribution < 1.29 is 24.1 Å². The Hall–Kier alpha value is -2.15. The first-order valence-electron chi connectivity index (χ1n) is 7.23. The van der Waals surface area contributed by atoms with Gasteiger partial charge in [0.15, 0.2) is 0 Å². The number of aliphatic hydroxyl groups is 2. The minimum atomic E-state index is -1.37. The Bertz CT molecular complexity index is 684. The molecule has 2 unspecified atom stereocenters. The Morgan fingerprint density at radius 3 is 2.58 bits per heavy atom. The molecular formula is C17H17ClFNO4. The van der Waals surface area contributed by atoms with Gasteiger partial charge in [-0.2, -0.15) is 0 Å². The minimum Gasteiger partial charge on any atom is -0.445 e. The molecule has 0 spiro atoms. The number of carbonyl (C=O) groups excluding carboxylic acids is 1. The number of hydrogen-bond donors (Lipinski definition) is 3. The van der Waals surface area contributed by atoms with Crippen molar-refractivity contribution in [1.82, 2.24) is 5.32 Å². The molecule has 7 heteroatoms. The summed E-state index contributed by atoms with van der Waals surface area (Å²) in [4.78, 5) is 11.6. The number of halogens is 2. The maximum Gasteiger partial charge on any atom is 0.407 e. The lowest BCUT2D eigenvalue weighted by Crippen LogP contribution is -2.35. The van der Waals surface area contributed by atoms with E-state index in [1.54, 1.807) is 0 Å². The van der Waals surface area contributed by atoms with Crippen molar-refractivity contribution in [3.8, 4) is 0 Å². The third-order valence-corrected chi connectivity index (χ3v) is 3.64. The van der Waals surface area contributed by atoms with Crippen LogP contribution in [0, 0.1) is 5.82 Å². The number of rotatable bonds is 6. The number of nitrogens with one attached hydrogen (secondary N) is 1. The maximum absolute atomic E-state index is 13.0. The van der Waals surface area contributed by atoms with Crippen LogP contribution in [0.1, 0.15) is 17.2 Å². The fourth-order valence-corrected chi connectivity index (χ4v) is 2.30. The van der Waals surface area contributed by atoms with Crippen LogP contribution < -0.4 is 5.32 Å². The number of carbonyl (C=O) groups is 1. The summed E-state index contributed by atoms with van der Waals surface area (Å²) in [5, 5.41) is 22.3. The predicted octanol–water partition coefficient (Wildman–Crippen LogP) is 2.80. The summed E-state index contributed by atoms with van der Waals surface area (Å²) >= 11 is 5.83. The normalized spacial score (nSPS) is 13.2. The van der Waals surface area contributed by atoms with Crippen molar-refractivity contribution in [3.63, 3.8) is 0 Å². The number of hydrogen-bond acceptors (Lipinski definition) is 4. The highest BCUT2D eigenvalue weighted by molar-refractivity contribution is 6.31. The van der Waals surface area contributed by atoms with E-state index in [4.69, 9.17) is 16.3 Å². The number of amides is 1. The maximum atomic E-state index is 13.0. The quantitative estimate of drug-likeness (QED) is 0.746. The molecule has 3 N–H and O–H groups in total. The van der Waals surface area contributed by atoms with Crippen LogP contribution in [-0.2, 0) is 11.3 Å². The second kappa shape index (κ2) is 8.63. The number of aliphatic hydroxyl groups excluding tert-OH is 2. The molecule has 2 aromatic carbocycles. The van der Waals surface area contributed by atoms with Gasteiger partial charge in [-0.15, -0.1) is 0 Å². The second-order valence-corrected chi connectivity index (χ2v) is 5.53. The molecule has 2 atom stereocenters. The van der Waals surface area contributed by atoms with Gasteiger partial charge in [0.25, 0.3) is 0 Å². The largest absolute Gasteiger partial charge is 0.445 e. The van der Waals surface area contributed by atoms with Crippen LogP contribution in [0.5, 0.6) is 0 Å². The average Bonchev–Trinajstić information content (AvgIpc) is 2.58.